The number of ether oxygens (including phenoxy) is 2. The van der Waals surface area contributed by atoms with Crippen LogP contribution in [0.3, 0.4) is 0 Å². The van der Waals surface area contributed by atoms with Gasteiger partial charge in [0.2, 0.25) is 0 Å². The van der Waals surface area contributed by atoms with Gasteiger partial charge in [-0.15, -0.1) is 0 Å². The molecule has 148 valence electrons. The van der Waals surface area contributed by atoms with Gasteiger partial charge in [-0.05, 0) is 47.5 Å². The molecule has 0 aliphatic rings. The van der Waals surface area contributed by atoms with Crippen LogP contribution in [-0.2, 0) is 6.61 Å². The molecule has 3 aromatic carbocycles. The van der Waals surface area contributed by atoms with Gasteiger partial charge in [0, 0.05) is 10.6 Å². The number of benzene rings is 3. The number of rotatable bonds is 6. The SMILES string of the molecule is COc1cc(/C=C(/C#N)c2ccc(Cl)cc2)cc(Cl)c1OCc1ccccc1C#N. The van der Waals surface area contributed by atoms with Crippen molar-refractivity contribution in [3.05, 3.63) is 93.0 Å². The number of halogens is 2. The van der Waals surface area contributed by atoms with Gasteiger partial charge in [0.15, 0.2) is 11.5 Å². The van der Waals surface area contributed by atoms with Crippen molar-refractivity contribution in [2.24, 2.45) is 0 Å². The lowest BCUT2D eigenvalue weighted by Crippen LogP contribution is -2.01. The summed E-state index contributed by atoms with van der Waals surface area (Å²) < 4.78 is 11.3. The molecule has 0 bridgehead atoms. The van der Waals surface area contributed by atoms with Crippen molar-refractivity contribution in [2.45, 2.75) is 6.61 Å². The summed E-state index contributed by atoms with van der Waals surface area (Å²) in [6.45, 7) is 0.170. The number of allylic oxidation sites excluding steroid dienone is 1. The van der Waals surface area contributed by atoms with E-state index in [2.05, 4.69) is 12.1 Å². The molecule has 6 heteroatoms. The van der Waals surface area contributed by atoms with Crippen molar-refractivity contribution in [3.63, 3.8) is 0 Å². The minimum absolute atomic E-state index is 0.170. The van der Waals surface area contributed by atoms with E-state index in [4.69, 9.17) is 32.7 Å². The molecule has 4 nitrogen and oxygen atoms in total. The third kappa shape index (κ3) is 4.93. The molecular weight excluding hydrogens is 419 g/mol. The Balaban J connectivity index is 1.91. The predicted molar refractivity (Wildman–Crippen MR) is 118 cm³/mol. The smallest absolute Gasteiger partial charge is 0.180 e. The van der Waals surface area contributed by atoms with Gasteiger partial charge in [-0.2, -0.15) is 10.5 Å². The monoisotopic (exact) mass is 434 g/mol. The predicted octanol–water partition coefficient (Wildman–Crippen LogP) is 6.52. The maximum atomic E-state index is 9.55. The third-order valence-electron chi connectivity index (χ3n) is 4.35. The van der Waals surface area contributed by atoms with Crippen LogP contribution in [-0.4, -0.2) is 7.11 Å². The Kier molecular flexibility index (Phi) is 6.99. The van der Waals surface area contributed by atoms with Crippen LogP contribution in [0.4, 0.5) is 0 Å². The second-order valence-corrected chi connectivity index (χ2v) is 7.11. The van der Waals surface area contributed by atoms with Crippen molar-refractivity contribution in [1.82, 2.24) is 0 Å². The molecule has 0 spiro atoms. The van der Waals surface area contributed by atoms with Crippen LogP contribution in [0.2, 0.25) is 10.0 Å². The van der Waals surface area contributed by atoms with E-state index in [1.54, 1.807) is 54.6 Å². The van der Waals surface area contributed by atoms with Crippen LogP contribution in [0.25, 0.3) is 11.6 Å². The lowest BCUT2D eigenvalue weighted by atomic mass is 10.0. The molecule has 0 amide bonds. The fraction of sp³-hybridized carbons (Fsp3) is 0.0833. The van der Waals surface area contributed by atoms with Gasteiger partial charge < -0.3 is 9.47 Å². The normalized spacial score (nSPS) is 10.8. The van der Waals surface area contributed by atoms with Gasteiger partial charge >= 0.3 is 0 Å². The van der Waals surface area contributed by atoms with Gasteiger partial charge in [-0.1, -0.05) is 53.5 Å². The fourth-order valence-electron chi connectivity index (χ4n) is 2.84. The van der Waals surface area contributed by atoms with E-state index in [1.165, 1.54) is 7.11 Å². The highest BCUT2D eigenvalue weighted by Crippen LogP contribution is 2.38. The molecule has 0 N–H and O–H groups in total. The molecule has 0 aromatic heterocycles. The topological polar surface area (TPSA) is 66.0 Å². The zero-order chi connectivity index (χ0) is 21.5. The van der Waals surface area contributed by atoms with E-state index < -0.39 is 0 Å². The van der Waals surface area contributed by atoms with Crippen molar-refractivity contribution < 1.29 is 9.47 Å². The second-order valence-electron chi connectivity index (χ2n) is 6.27. The van der Waals surface area contributed by atoms with E-state index in [0.717, 1.165) is 11.1 Å². The van der Waals surface area contributed by atoms with Crippen LogP contribution in [0.15, 0.2) is 60.7 Å². The molecular formula is C24H16Cl2N2O2. The van der Waals surface area contributed by atoms with Gasteiger partial charge in [-0.3, -0.25) is 0 Å². The number of nitrogens with zero attached hydrogens (tertiary/aromatic N) is 2. The number of nitriles is 2. The third-order valence-corrected chi connectivity index (χ3v) is 4.88. The Labute approximate surface area is 185 Å². The Hall–Kier alpha value is -3.44. The maximum Gasteiger partial charge on any atom is 0.180 e. The van der Waals surface area contributed by atoms with Crippen LogP contribution < -0.4 is 9.47 Å². The minimum Gasteiger partial charge on any atom is -0.493 e. The number of hydrogen-bond acceptors (Lipinski definition) is 4. The largest absolute Gasteiger partial charge is 0.493 e. The van der Waals surface area contributed by atoms with Gasteiger partial charge in [0.05, 0.1) is 35.4 Å². The molecule has 30 heavy (non-hydrogen) atoms. The maximum absolute atomic E-state index is 9.55. The molecule has 3 aromatic rings. The Morgan fingerprint density at radius 1 is 1.03 bits per heavy atom. The lowest BCUT2D eigenvalue weighted by Gasteiger charge is -2.14. The molecule has 0 saturated heterocycles. The Morgan fingerprint density at radius 3 is 2.43 bits per heavy atom. The first kappa shape index (κ1) is 21.3. The molecule has 0 heterocycles. The van der Waals surface area contributed by atoms with E-state index in [-0.39, 0.29) is 6.61 Å². The molecule has 0 radical (unpaired) electrons. The van der Waals surface area contributed by atoms with Crippen LogP contribution in [0.1, 0.15) is 22.3 Å². The van der Waals surface area contributed by atoms with Crippen molar-refractivity contribution in [3.8, 4) is 23.6 Å². The van der Waals surface area contributed by atoms with Crippen molar-refractivity contribution in [2.75, 3.05) is 7.11 Å². The molecule has 0 aliphatic heterocycles. The summed E-state index contributed by atoms with van der Waals surface area (Å²) in [5, 5.41) is 19.7. The van der Waals surface area contributed by atoms with Crippen LogP contribution in [0.5, 0.6) is 11.5 Å². The van der Waals surface area contributed by atoms with Crippen molar-refractivity contribution >= 4 is 34.9 Å². The van der Waals surface area contributed by atoms with Crippen LogP contribution in [0, 0.1) is 22.7 Å². The zero-order valence-corrected chi connectivity index (χ0v) is 17.5. The number of hydrogen-bond donors (Lipinski definition) is 0. The molecule has 0 aliphatic carbocycles. The zero-order valence-electron chi connectivity index (χ0n) is 16.0. The highest BCUT2D eigenvalue weighted by Gasteiger charge is 2.13. The summed E-state index contributed by atoms with van der Waals surface area (Å²) in [5.74, 6) is 0.797. The summed E-state index contributed by atoms with van der Waals surface area (Å²) in [7, 11) is 1.51. The lowest BCUT2D eigenvalue weighted by molar-refractivity contribution is 0.284. The second kappa shape index (κ2) is 9.85. The minimum atomic E-state index is 0.170. The molecule has 3 rings (SSSR count). The Morgan fingerprint density at radius 2 is 1.77 bits per heavy atom. The summed E-state index contributed by atoms with van der Waals surface area (Å²) in [5.41, 5.74) is 3.17. The summed E-state index contributed by atoms with van der Waals surface area (Å²) >= 11 is 12.4. The summed E-state index contributed by atoms with van der Waals surface area (Å²) in [6, 6.07) is 22.0. The summed E-state index contributed by atoms with van der Waals surface area (Å²) in [4.78, 5) is 0. The van der Waals surface area contributed by atoms with E-state index >= 15 is 0 Å². The average Bonchev–Trinajstić information content (AvgIpc) is 2.77. The van der Waals surface area contributed by atoms with Crippen molar-refractivity contribution in [1.29, 1.82) is 10.5 Å². The number of methoxy groups -OCH3 is 1. The average molecular weight is 435 g/mol. The highest BCUT2D eigenvalue weighted by atomic mass is 35.5. The van der Waals surface area contributed by atoms with Crippen LogP contribution >= 0.6 is 23.2 Å². The standard InChI is InChI=1S/C24H16Cl2N2O2/c1-29-23-12-16(10-20(14-28)17-6-8-21(25)9-7-17)11-22(26)24(23)30-15-19-5-3-2-4-18(19)13-27/h2-12H,15H2,1H3/b20-10-. The molecule has 0 saturated carbocycles. The first-order chi connectivity index (χ1) is 14.5. The quantitative estimate of drug-likeness (QED) is 0.327. The molecule has 0 unspecified atom stereocenters. The Bertz CT molecular complexity index is 1170. The van der Waals surface area contributed by atoms with Gasteiger partial charge in [0.25, 0.3) is 0 Å². The summed E-state index contributed by atoms with van der Waals surface area (Å²) in [6.07, 6.45) is 1.71. The van der Waals surface area contributed by atoms with Gasteiger partial charge in [-0.25, -0.2) is 0 Å². The first-order valence-corrected chi connectivity index (χ1v) is 9.67. The highest BCUT2D eigenvalue weighted by molar-refractivity contribution is 6.32. The fourth-order valence-corrected chi connectivity index (χ4v) is 3.24. The first-order valence-electron chi connectivity index (χ1n) is 8.91. The van der Waals surface area contributed by atoms with E-state index in [9.17, 15) is 10.5 Å². The molecule has 0 fully saturated rings. The van der Waals surface area contributed by atoms with E-state index in [0.29, 0.717) is 38.2 Å². The van der Waals surface area contributed by atoms with Gasteiger partial charge in [0.1, 0.15) is 6.61 Å². The molecule has 0 atom stereocenters. The van der Waals surface area contributed by atoms with E-state index in [1.807, 2.05) is 12.1 Å².